The van der Waals surface area contributed by atoms with E-state index in [0.29, 0.717) is 17.0 Å². The van der Waals surface area contributed by atoms with Gasteiger partial charge < -0.3 is 11.1 Å². The Morgan fingerprint density at radius 1 is 1.58 bits per heavy atom. The molecule has 1 fully saturated rings. The first kappa shape index (κ1) is 13.6. The summed E-state index contributed by atoms with van der Waals surface area (Å²) in [6.45, 7) is 2.28. The van der Waals surface area contributed by atoms with Gasteiger partial charge in [0, 0.05) is 11.6 Å². The predicted molar refractivity (Wildman–Crippen MR) is 72.0 cm³/mol. The van der Waals surface area contributed by atoms with Crippen LogP contribution in [0.3, 0.4) is 0 Å². The Kier molecular flexibility index (Phi) is 4.18. The molecule has 1 aliphatic rings. The summed E-state index contributed by atoms with van der Waals surface area (Å²) < 4.78 is 13.2. The zero-order chi connectivity index (χ0) is 13.8. The average molecular weight is 260 g/mol. The first-order valence-electron chi connectivity index (χ1n) is 6.45. The molecule has 100 valence electrons. The van der Waals surface area contributed by atoms with Crippen molar-refractivity contribution in [1.82, 2.24) is 5.32 Å². The van der Waals surface area contributed by atoms with E-state index in [1.165, 1.54) is 18.2 Å². The van der Waals surface area contributed by atoms with E-state index in [4.69, 9.17) is 5.73 Å². The number of halogens is 1. The molecule has 0 saturated heterocycles. The molecule has 1 aromatic rings. The fourth-order valence-electron chi connectivity index (χ4n) is 2.09. The van der Waals surface area contributed by atoms with Gasteiger partial charge >= 0.3 is 0 Å². The molecular weight excluding hydrogens is 243 g/mol. The summed E-state index contributed by atoms with van der Waals surface area (Å²) in [7, 11) is 0. The fourth-order valence-corrected chi connectivity index (χ4v) is 2.09. The standard InChI is InChI=1S/C15H17FN2O/c1-2-10-9-14(10)18-15(19)13-6-5-12(16)8-11(13)4-3-7-17/h5-6,8,10,14H,2,7,9,17H2,1H3,(H,18,19). The molecule has 0 aliphatic heterocycles. The maximum atomic E-state index is 13.2. The monoisotopic (exact) mass is 260 g/mol. The number of carbonyl (C=O) groups is 1. The minimum atomic E-state index is -0.407. The van der Waals surface area contributed by atoms with Crippen molar-refractivity contribution in [2.75, 3.05) is 6.54 Å². The lowest BCUT2D eigenvalue weighted by Gasteiger charge is -2.06. The second-order valence-corrected chi connectivity index (χ2v) is 4.68. The maximum absolute atomic E-state index is 13.2. The molecule has 1 amide bonds. The number of rotatable bonds is 3. The highest BCUT2D eigenvalue weighted by Crippen LogP contribution is 2.33. The highest BCUT2D eigenvalue weighted by molar-refractivity contribution is 5.97. The van der Waals surface area contributed by atoms with Crippen LogP contribution in [-0.4, -0.2) is 18.5 Å². The quantitative estimate of drug-likeness (QED) is 0.812. The van der Waals surface area contributed by atoms with Crippen LogP contribution in [-0.2, 0) is 0 Å². The number of hydrogen-bond donors (Lipinski definition) is 2. The van der Waals surface area contributed by atoms with Crippen LogP contribution >= 0.6 is 0 Å². The van der Waals surface area contributed by atoms with E-state index in [1.807, 2.05) is 0 Å². The molecule has 1 saturated carbocycles. The van der Waals surface area contributed by atoms with Crippen LogP contribution in [0.2, 0.25) is 0 Å². The normalized spacial score (nSPS) is 20.4. The van der Waals surface area contributed by atoms with Gasteiger partial charge in [0.25, 0.3) is 5.91 Å². The first-order chi connectivity index (χ1) is 9.15. The molecule has 2 unspecified atom stereocenters. The lowest BCUT2D eigenvalue weighted by molar-refractivity contribution is 0.0948. The van der Waals surface area contributed by atoms with E-state index in [2.05, 4.69) is 24.1 Å². The van der Waals surface area contributed by atoms with E-state index >= 15 is 0 Å². The van der Waals surface area contributed by atoms with Gasteiger partial charge in [-0.2, -0.15) is 0 Å². The van der Waals surface area contributed by atoms with Crippen LogP contribution in [0.25, 0.3) is 0 Å². The average Bonchev–Trinajstić information content (AvgIpc) is 3.14. The summed E-state index contributed by atoms with van der Waals surface area (Å²) in [5.74, 6) is 5.36. The van der Waals surface area contributed by atoms with Crippen LogP contribution < -0.4 is 11.1 Å². The van der Waals surface area contributed by atoms with Gasteiger partial charge in [-0.3, -0.25) is 4.79 Å². The van der Waals surface area contributed by atoms with Crippen LogP contribution in [0, 0.1) is 23.6 Å². The van der Waals surface area contributed by atoms with E-state index in [1.54, 1.807) is 0 Å². The number of nitrogens with one attached hydrogen (secondary N) is 1. The summed E-state index contributed by atoms with van der Waals surface area (Å²) in [5.41, 5.74) is 6.09. The summed E-state index contributed by atoms with van der Waals surface area (Å²) in [5, 5.41) is 2.95. The van der Waals surface area contributed by atoms with E-state index in [-0.39, 0.29) is 18.5 Å². The van der Waals surface area contributed by atoms with Gasteiger partial charge in [-0.1, -0.05) is 25.2 Å². The molecule has 1 aliphatic carbocycles. The van der Waals surface area contributed by atoms with Gasteiger partial charge in [-0.05, 0) is 30.5 Å². The van der Waals surface area contributed by atoms with Crippen molar-refractivity contribution in [2.24, 2.45) is 11.7 Å². The highest BCUT2D eigenvalue weighted by atomic mass is 19.1. The molecule has 2 rings (SSSR count). The van der Waals surface area contributed by atoms with Crippen LogP contribution in [0.1, 0.15) is 35.7 Å². The summed E-state index contributed by atoms with van der Waals surface area (Å²) in [6, 6.07) is 4.25. The molecule has 0 bridgehead atoms. The third kappa shape index (κ3) is 3.33. The van der Waals surface area contributed by atoms with E-state index in [9.17, 15) is 9.18 Å². The molecule has 1 aromatic carbocycles. The number of nitrogens with two attached hydrogens (primary N) is 1. The lowest BCUT2D eigenvalue weighted by Crippen LogP contribution is -2.27. The Morgan fingerprint density at radius 3 is 3.00 bits per heavy atom. The number of carbonyl (C=O) groups excluding carboxylic acids is 1. The summed E-state index contributed by atoms with van der Waals surface area (Å²) in [6.07, 6.45) is 2.08. The Labute approximate surface area is 112 Å². The first-order valence-corrected chi connectivity index (χ1v) is 6.45. The Morgan fingerprint density at radius 2 is 2.37 bits per heavy atom. The van der Waals surface area contributed by atoms with Gasteiger partial charge in [0.1, 0.15) is 5.82 Å². The Bertz CT molecular complexity index is 545. The zero-order valence-electron chi connectivity index (χ0n) is 10.9. The second kappa shape index (κ2) is 5.85. The van der Waals surface area contributed by atoms with Crippen molar-refractivity contribution in [3.8, 4) is 11.8 Å². The zero-order valence-corrected chi connectivity index (χ0v) is 10.9. The second-order valence-electron chi connectivity index (χ2n) is 4.68. The molecule has 19 heavy (non-hydrogen) atoms. The van der Waals surface area contributed by atoms with Crippen LogP contribution in [0.4, 0.5) is 4.39 Å². The predicted octanol–water partition coefficient (Wildman–Crippen LogP) is 1.66. The van der Waals surface area contributed by atoms with Crippen molar-refractivity contribution in [2.45, 2.75) is 25.8 Å². The van der Waals surface area contributed by atoms with Crippen molar-refractivity contribution in [1.29, 1.82) is 0 Å². The minimum absolute atomic E-state index is 0.179. The smallest absolute Gasteiger partial charge is 0.252 e. The number of amides is 1. The van der Waals surface area contributed by atoms with Crippen LogP contribution in [0.5, 0.6) is 0 Å². The largest absolute Gasteiger partial charge is 0.349 e. The van der Waals surface area contributed by atoms with Gasteiger partial charge in [-0.25, -0.2) is 4.39 Å². The highest BCUT2D eigenvalue weighted by Gasteiger charge is 2.36. The van der Waals surface area contributed by atoms with Gasteiger partial charge in [0.15, 0.2) is 0 Å². The lowest BCUT2D eigenvalue weighted by atomic mass is 10.1. The summed E-state index contributed by atoms with van der Waals surface area (Å²) in [4.78, 5) is 12.1. The van der Waals surface area contributed by atoms with Crippen molar-refractivity contribution < 1.29 is 9.18 Å². The molecule has 0 heterocycles. The molecule has 0 aromatic heterocycles. The third-order valence-corrected chi connectivity index (χ3v) is 3.31. The molecule has 4 heteroatoms. The van der Waals surface area contributed by atoms with Gasteiger partial charge in [0.2, 0.25) is 0 Å². The molecule has 0 radical (unpaired) electrons. The van der Waals surface area contributed by atoms with Crippen molar-refractivity contribution >= 4 is 5.91 Å². The number of hydrogen-bond acceptors (Lipinski definition) is 2. The molecule has 2 atom stereocenters. The topological polar surface area (TPSA) is 55.1 Å². The molecule has 3 nitrogen and oxygen atoms in total. The van der Waals surface area contributed by atoms with E-state index < -0.39 is 5.82 Å². The van der Waals surface area contributed by atoms with E-state index in [0.717, 1.165) is 12.8 Å². The van der Waals surface area contributed by atoms with Crippen molar-refractivity contribution in [3.05, 3.63) is 35.1 Å². The minimum Gasteiger partial charge on any atom is -0.349 e. The summed E-state index contributed by atoms with van der Waals surface area (Å²) >= 11 is 0. The SMILES string of the molecule is CCC1CC1NC(=O)c1ccc(F)cc1C#CCN. The molecule has 3 N–H and O–H groups in total. The Hall–Kier alpha value is -1.86. The van der Waals surface area contributed by atoms with Crippen LogP contribution in [0.15, 0.2) is 18.2 Å². The van der Waals surface area contributed by atoms with Gasteiger partial charge in [-0.15, -0.1) is 0 Å². The number of benzene rings is 1. The fraction of sp³-hybridized carbons (Fsp3) is 0.400. The van der Waals surface area contributed by atoms with Crippen molar-refractivity contribution in [3.63, 3.8) is 0 Å². The maximum Gasteiger partial charge on any atom is 0.252 e. The Balaban J connectivity index is 2.16. The molecular formula is C15H17FN2O. The van der Waals surface area contributed by atoms with Gasteiger partial charge in [0.05, 0.1) is 12.1 Å². The molecule has 0 spiro atoms. The third-order valence-electron chi connectivity index (χ3n) is 3.31.